The van der Waals surface area contributed by atoms with Crippen molar-refractivity contribution in [1.82, 2.24) is 9.97 Å². The van der Waals surface area contributed by atoms with Crippen molar-refractivity contribution in [2.24, 2.45) is 0 Å². The quantitative estimate of drug-likeness (QED) is 0.895. The number of benzene rings is 1. The molecule has 0 aliphatic carbocycles. The first-order valence-corrected chi connectivity index (χ1v) is 6.39. The van der Waals surface area contributed by atoms with E-state index in [1.54, 1.807) is 0 Å². The lowest BCUT2D eigenvalue weighted by Gasteiger charge is -2.46. The summed E-state index contributed by atoms with van der Waals surface area (Å²) in [6.45, 7) is 3.37. The van der Waals surface area contributed by atoms with E-state index >= 15 is 0 Å². The van der Waals surface area contributed by atoms with Crippen LogP contribution < -0.4 is 4.90 Å². The SMILES string of the molecule is CCCC1(O)CN(c2ncc3ccccc3n2)C1. The normalized spacial score (nSPS) is 17.8. The zero-order valence-corrected chi connectivity index (χ0v) is 10.5. The Labute approximate surface area is 106 Å². The molecule has 0 bridgehead atoms. The largest absolute Gasteiger partial charge is 0.386 e. The fourth-order valence-corrected chi connectivity index (χ4v) is 2.54. The molecule has 4 nitrogen and oxygen atoms in total. The first-order chi connectivity index (χ1) is 8.70. The van der Waals surface area contributed by atoms with E-state index in [1.807, 2.05) is 35.4 Å². The van der Waals surface area contributed by atoms with Crippen LogP contribution in [-0.2, 0) is 0 Å². The van der Waals surface area contributed by atoms with Gasteiger partial charge >= 0.3 is 0 Å². The average Bonchev–Trinajstić information content (AvgIpc) is 2.35. The fraction of sp³-hybridized carbons (Fsp3) is 0.429. The van der Waals surface area contributed by atoms with Crippen molar-refractivity contribution in [2.45, 2.75) is 25.4 Å². The van der Waals surface area contributed by atoms with Crippen LogP contribution in [0.4, 0.5) is 5.95 Å². The van der Waals surface area contributed by atoms with Gasteiger partial charge in [0.05, 0.1) is 24.2 Å². The van der Waals surface area contributed by atoms with Crippen LogP contribution >= 0.6 is 0 Å². The summed E-state index contributed by atoms with van der Waals surface area (Å²) in [6, 6.07) is 7.94. The van der Waals surface area contributed by atoms with Crippen LogP contribution in [-0.4, -0.2) is 33.8 Å². The van der Waals surface area contributed by atoms with Crippen LogP contribution in [0.2, 0.25) is 0 Å². The lowest BCUT2D eigenvalue weighted by atomic mass is 9.90. The third-order valence-corrected chi connectivity index (χ3v) is 3.44. The molecular formula is C14H17N3O. The molecule has 0 radical (unpaired) electrons. The maximum Gasteiger partial charge on any atom is 0.226 e. The molecule has 0 atom stereocenters. The van der Waals surface area contributed by atoms with E-state index < -0.39 is 5.60 Å². The monoisotopic (exact) mass is 243 g/mol. The molecule has 1 fully saturated rings. The van der Waals surface area contributed by atoms with Crippen LogP contribution in [0.3, 0.4) is 0 Å². The van der Waals surface area contributed by atoms with Crippen molar-refractivity contribution in [3.05, 3.63) is 30.5 Å². The van der Waals surface area contributed by atoms with Crippen molar-refractivity contribution >= 4 is 16.9 Å². The lowest BCUT2D eigenvalue weighted by Crippen LogP contribution is -2.62. The van der Waals surface area contributed by atoms with Gasteiger partial charge < -0.3 is 10.0 Å². The zero-order valence-electron chi connectivity index (χ0n) is 10.5. The van der Waals surface area contributed by atoms with Crippen molar-refractivity contribution in [1.29, 1.82) is 0 Å². The summed E-state index contributed by atoms with van der Waals surface area (Å²) in [7, 11) is 0. The van der Waals surface area contributed by atoms with Crippen LogP contribution in [0.25, 0.3) is 10.9 Å². The second-order valence-electron chi connectivity index (χ2n) is 5.06. The van der Waals surface area contributed by atoms with Crippen LogP contribution in [0.15, 0.2) is 30.5 Å². The lowest BCUT2D eigenvalue weighted by molar-refractivity contribution is 0.00249. The molecular weight excluding hydrogens is 226 g/mol. The summed E-state index contributed by atoms with van der Waals surface area (Å²) in [4.78, 5) is 10.9. The molecule has 2 aromatic rings. The highest BCUT2D eigenvalue weighted by atomic mass is 16.3. The molecule has 1 aromatic heterocycles. The van der Waals surface area contributed by atoms with E-state index in [0.29, 0.717) is 13.1 Å². The van der Waals surface area contributed by atoms with Gasteiger partial charge in [0.15, 0.2) is 0 Å². The molecule has 18 heavy (non-hydrogen) atoms. The number of para-hydroxylation sites is 1. The van der Waals surface area contributed by atoms with E-state index in [-0.39, 0.29) is 0 Å². The topological polar surface area (TPSA) is 49.2 Å². The molecule has 1 aliphatic rings. The van der Waals surface area contributed by atoms with Gasteiger partial charge in [0.25, 0.3) is 0 Å². The van der Waals surface area contributed by atoms with Crippen molar-refractivity contribution in [3.8, 4) is 0 Å². The smallest absolute Gasteiger partial charge is 0.226 e. The third kappa shape index (κ3) is 1.93. The highest BCUT2D eigenvalue weighted by molar-refractivity contribution is 5.78. The van der Waals surface area contributed by atoms with E-state index in [2.05, 4.69) is 16.9 Å². The standard InChI is InChI=1S/C14H17N3O/c1-2-7-14(18)9-17(10-14)13-15-8-11-5-3-4-6-12(11)16-13/h3-6,8,18H,2,7,9-10H2,1H3. The van der Waals surface area contributed by atoms with Gasteiger partial charge in [0.2, 0.25) is 5.95 Å². The summed E-state index contributed by atoms with van der Waals surface area (Å²) in [6.07, 6.45) is 3.69. The second-order valence-corrected chi connectivity index (χ2v) is 5.06. The molecule has 4 heteroatoms. The van der Waals surface area contributed by atoms with E-state index in [4.69, 9.17) is 0 Å². The van der Waals surface area contributed by atoms with Crippen molar-refractivity contribution < 1.29 is 5.11 Å². The Morgan fingerprint density at radius 1 is 1.33 bits per heavy atom. The number of rotatable bonds is 3. The summed E-state index contributed by atoms with van der Waals surface area (Å²) in [5.74, 6) is 0.717. The number of fused-ring (bicyclic) bond motifs is 1. The second kappa shape index (κ2) is 4.21. The van der Waals surface area contributed by atoms with E-state index in [1.165, 1.54) is 0 Å². The van der Waals surface area contributed by atoms with Gasteiger partial charge in [-0.15, -0.1) is 0 Å². The number of aromatic nitrogens is 2. The first kappa shape index (κ1) is 11.4. The predicted molar refractivity (Wildman–Crippen MR) is 71.6 cm³/mol. The number of aliphatic hydroxyl groups is 1. The van der Waals surface area contributed by atoms with Gasteiger partial charge in [-0.1, -0.05) is 31.5 Å². The Hall–Kier alpha value is -1.68. The maximum absolute atomic E-state index is 10.2. The Morgan fingerprint density at radius 2 is 2.11 bits per heavy atom. The highest BCUT2D eigenvalue weighted by Gasteiger charge is 2.41. The molecule has 0 unspecified atom stereocenters. The Kier molecular flexibility index (Phi) is 2.67. The van der Waals surface area contributed by atoms with E-state index in [9.17, 15) is 5.11 Å². The third-order valence-electron chi connectivity index (χ3n) is 3.44. The fourth-order valence-electron chi connectivity index (χ4n) is 2.54. The minimum Gasteiger partial charge on any atom is -0.386 e. The van der Waals surface area contributed by atoms with Gasteiger partial charge in [-0.25, -0.2) is 9.97 Å². The maximum atomic E-state index is 10.2. The van der Waals surface area contributed by atoms with E-state index in [0.717, 1.165) is 29.7 Å². The molecule has 3 rings (SSSR count). The van der Waals surface area contributed by atoms with Crippen LogP contribution in [0.5, 0.6) is 0 Å². The number of β-amino-alcohol motifs (C(OH)–C–C–N with tert-alkyl or cyclic N) is 1. The van der Waals surface area contributed by atoms with Gasteiger partial charge in [-0.2, -0.15) is 0 Å². The summed E-state index contributed by atoms with van der Waals surface area (Å²) in [5.41, 5.74) is 0.414. The minimum atomic E-state index is -0.538. The average molecular weight is 243 g/mol. The van der Waals surface area contributed by atoms with Crippen molar-refractivity contribution in [2.75, 3.05) is 18.0 Å². The first-order valence-electron chi connectivity index (χ1n) is 6.39. The summed E-state index contributed by atoms with van der Waals surface area (Å²) < 4.78 is 0. The zero-order chi connectivity index (χ0) is 12.6. The number of anilines is 1. The molecule has 1 aliphatic heterocycles. The molecule has 0 saturated carbocycles. The van der Waals surface area contributed by atoms with Gasteiger partial charge in [0.1, 0.15) is 0 Å². The number of hydrogen-bond donors (Lipinski definition) is 1. The number of nitrogens with zero attached hydrogens (tertiary/aromatic N) is 3. The van der Waals surface area contributed by atoms with Crippen LogP contribution in [0.1, 0.15) is 19.8 Å². The van der Waals surface area contributed by atoms with Gasteiger partial charge in [-0.05, 0) is 12.5 Å². The molecule has 1 aromatic carbocycles. The van der Waals surface area contributed by atoms with Gasteiger partial charge in [-0.3, -0.25) is 0 Å². The van der Waals surface area contributed by atoms with Crippen molar-refractivity contribution in [3.63, 3.8) is 0 Å². The van der Waals surface area contributed by atoms with Crippen LogP contribution in [0, 0.1) is 0 Å². The molecule has 1 N–H and O–H groups in total. The number of hydrogen-bond acceptors (Lipinski definition) is 4. The highest BCUT2D eigenvalue weighted by Crippen LogP contribution is 2.29. The Bertz CT molecular complexity index is 564. The molecule has 1 saturated heterocycles. The molecule has 0 spiro atoms. The molecule has 0 amide bonds. The predicted octanol–water partition coefficient (Wildman–Crippen LogP) is 1.98. The molecule has 94 valence electrons. The summed E-state index contributed by atoms with van der Waals surface area (Å²) >= 11 is 0. The van der Waals surface area contributed by atoms with Gasteiger partial charge in [0, 0.05) is 11.6 Å². The minimum absolute atomic E-state index is 0.538. The Morgan fingerprint density at radius 3 is 2.89 bits per heavy atom. The molecule has 2 heterocycles. The summed E-state index contributed by atoms with van der Waals surface area (Å²) in [5, 5.41) is 11.2. The Balaban J connectivity index is 1.80.